The molecule has 0 radical (unpaired) electrons. The molecule has 118 valence electrons. The van der Waals surface area contributed by atoms with Gasteiger partial charge in [-0.25, -0.2) is 0 Å². The van der Waals surface area contributed by atoms with Gasteiger partial charge in [-0.15, -0.1) is 0 Å². The van der Waals surface area contributed by atoms with E-state index >= 15 is 0 Å². The second-order valence-corrected chi connectivity index (χ2v) is 7.10. The first-order valence-corrected chi connectivity index (χ1v) is 8.51. The highest BCUT2D eigenvalue weighted by atomic mass is 16.2. The molecule has 1 rings (SSSR count). The van der Waals surface area contributed by atoms with Crippen molar-refractivity contribution in [1.82, 2.24) is 5.32 Å². The molecule has 1 fully saturated rings. The maximum absolute atomic E-state index is 12.6. The third kappa shape index (κ3) is 5.43. The normalized spacial score (nSPS) is 20.4. The van der Waals surface area contributed by atoms with E-state index in [2.05, 4.69) is 26.1 Å². The molecule has 3 N–H and O–H groups in total. The van der Waals surface area contributed by atoms with Crippen molar-refractivity contribution in [3.63, 3.8) is 0 Å². The molecule has 3 nitrogen and oxygen atoms in total. The predicted octanol–water partition coefficient (Wildman–Crippen LogP) is 3.62. The van der Waals surface area contributed by atoms with E-state index in [1.807, 2.05) is 0 Å². The van der Waals surface area contributed by atoms with Gasteiger partial charge in [0.05, 0.1) is 5.41 Å². The Kier molecular flexibility index (Phi) is 7.57. The van der Waals surface area contributed by atoms with Crippen molar-refractivity contribution < 1.29 is 4.79 Å². The van der Waals surface area contributed by atoms with Crippen LogP contribution in [0.2, 0.25) is 0 Å². The molecule has 0 bridgehead atoms. The molecule has 1 atom stereocenters. The Morgan fingerprint density at radius 1 is 1.10 bits per heavy atom. The van der Waals surface area contributed by atoms with E-state index in [0.717, 1.165) is 38.0 Å². The minimum absolute atomic E-state index is 0.207. The van der Waals surface area contributed by atoms with Crippen LogP contribution in [-0.2, 0) is 4.79 Å². The fraction of sp³-hybridized carbons (Fsp3) is 0.941. The highest BCUT2D eigenvalue weighted by Crippen LogP contribution is 2.34. The zero-order valence-electron chi connectivity index (χ0n) is 13.7. The van der Waals surface area contributed by atoms with Gasteiger partial charge in [-0.3, -0.25) is 4.79 Å². The summed E-state index contributed by atoms with van der Waals surface area (Å²) in [6, 6.07) is 0.271. The highest BCUT2D eigenvalue weighted by Gasteiger charge is 2.37. The fourth-order valence-electron chi connectivity index (χ4n) is 3.21. The molecule has 3 heteroatoms. The lowest BCUT2D eigenvalue weighted by molar-refractivity contribution is -0.132. The average Bonchev–Trinajstić information content (AvgIpc) is 2.64. The molecular weight excluding hydrogens is 248 g/mol. The first-order chi connectivity index (χ1) is 9.50. The molecule has 0 aromatic heterocycles. The van der Waals surface area contributed by atoms with Crippen LogP contribution in [-0.4, -0.2) is 18.5 Å². The lowest BCUT2D eigenvalue weighted by Gasteiger charge is -2.31. The largest absolute Gasteiger partial charge is 0.353 e. The number of carbonyl (C=O) groups is 1. The smallest absolute Gasteiger partial charge is 0.227 e. The Bertz CT molecular complexity index is 281. The van der Waals surface area contributed by atoms with Gasteiger partial charge < -0.3 is 11.1 Å². The van der Waals surface area contributed by atoms with Gasteiger partial charge in [0.2, 0.25) is 5.91 Å². The van der Waals surface area contributed by atoms with Gasteiger partial charge in [-0.2, -0.15) is 0 Å². The molecule has 1 amide bonds. The average molecular weight is 282 g/mol. The number of nitrogens with two attached hydrogens (primary N) is 1. The topological polar surface area (TPSA) is 55.1 Å². The van der Waals surface area contributed by atoms with E-state index in [-0.39, 0.29) is 17.4 Å². The van der Waals surface area contributed by atoms with Crippen molar-refractivity contribution in [2.45, 2.75) is 84.6 Å². The summed E-state index contributed by atoms with van der Waals surface area (Å²) in [6.07, 6.45) is 10.2. The molecule has 20 heavy (non-hydrogen) atoms. The minimum Gasteiger partial charge on any atom is -0.353 e. The van der Waals surface area contributed by atoms with Crippen LogP contribution in [0.4, 0.5) is 0 Å². The molecule has 0 aliphatic heterocycles. The Labute approximate surface area is 125 Å². The van der Waals surface area contributed by atoms with E-state index in [4.69, 9.17) is 5.73 Å². The standard InChI is InChI=1S/C17H34N2O/c1-14(2)9-8-10-15(3)19-16(20)17(13-18)11-6-4-5-7-12-17/h14-15H,4-13,18H2,1-3H3,(H,19,20). The van der Waals surface area contributed by atoms with Gasteiger partial charge in [0.15, 0.2) is 0 Å². The molecule has 1 unspecified atom stereocenters. The van der Waals surface area contributed by atoms with Gasteiger partial charge in [-0.1, -0.05) is 52.4 Å². The summed E-state index contributed by atoms with van der Waals surface area (Å²) in [7, 11) is 0. The number of carbonyl (C=O) groups excluding carboxylic acids is 1. The number of hydrogen-bond donors (Lipinski definition) is 2. The van der Waals surface area contributed by atoms with Gasteiger partial charge in [0, 0.05) is 12.6 Å². The monoisotopic (exact) mass is 282 g/mol. The van der Waals surface area contributed by atoms with Gasteiger partial charge in [0.1, 0.15) is 0 Å². The molecule has 0 aromatic rings. The van der Waals surface area contributed by atoms with Crippen molar-refractivity contribution >= 4 is 5.91 Å². The summed E-state index contributed by atoms with van der Waals surface area (Å²) in [6.45, 7) is 7.12. The third-order valence-corrected chi connectivity index (χ3v) is 4.73. The van der Waals surface area contributed by atoms with Crippen LogP contribution in [0.15, 0.2) is 0 Å². The van der Waals surface area contributed by atoms with E-state index in [1.165, 1.54) is 25.7 Å². The van der Waals surface area contributed by atoms with Crippen LogP contribution in [0.3, 0.4) is 0 Å². The van der Waals surface area contributed by atoms with Crippen molar-refractivity contribution in [3.8, 4) is 0 Å². The Morgan fingerprint density at radius 2 is 1.70 bits per heavy atom. The van der Waals surface area contributed by atoms with Gasteiger partial charge in [-0.05, 0) is 32.1 Å². The lowest BCUT2D eigenvalue weighted by Crippen LogP contribution is -2.48. The lowest BCUT2D eigenvalue weighted by atomic mass is 9.79. The maximum Gasteiger partial charge on any atom is 0.227 e. The van der Waals surface area contributed by atoms with Gasteiger partial charge in [0.25, 0.3) is 0 Å². The second kappa shape index (κ2) is 8.66. The van der Waals surface area contributed by atoms with Crippen LogP contribution in [0.5, 0.6) is 0 Å². The summed E-state index contributed by atoms with van der Waals surface area (Å²) < 4.78 is 0. The maximum atomic E-state index is 12.6. The van der Waals surface area contributed by atoms with Crippen LogP contribution >= 0.6 is 0 Å². The number of amides is 1. The Hall–Kier alpha value is -0.570. The fourth-order valence-corrected chi connectivity index (χ4v) is 3.21. The third-order valence-electron chi connectivity index (χ3n) is 4.73. The van der Waals surface area contributed by atoms with Crippen molar-refractivity contribution in [1.29, 1.82) is 0 Å². The number of nitrogens with one attached hydrogen (secondary N) is 1. The minimum atomic E-state index is -0.289. The van der Waals surface area contributed by atoms with E-state index < -0.39 is 0 Å². The molecule has 0 heterocycles. The van der Waals surface area contributed by atoms with Crippen LogP contribution < -0.4 is 11.1 Å². The van der Waals surface area contributed by atoms with Crippen LogP contribution in [0.1, 0.15) is 78.6 Å². The van der Waals surface area contributed by atoms with E-state index in [1.54, 1.807) is 0 Å². The molecule has 0 aromatic carbocycles. The van der Waals surface area contributed by atoms with Crippen molar-refractivity contribution in [2.75, 3.05) is 6.54 Å². The predicted molar refractivity (Wildman–Crippen MR) is 85.5 cm³/mol. The van der Waals surface area contributed by atoms with E-state index in [0.29, 0.717) is 6.54 Å². The molecular formula is C17H34N2O. The number of hydrogen-bond acceptors (Lipinski definition) is 2. The van der Waals surface area contributed by atoms with Gasteiger partial charge >= 0.3 is 0 Å². The van der Waals surface area contributed by atoms with E-state index in [9.17, 15) is 4.79 Å². The second-order valence-electron chi connectivity index (χ2n) is 7.10. The summed E-state index contributed by atoms with van der Waals surface area (Å²) in [4.78, 5) is 12.6. The van der Waals surface area contributed by atoms with Crippen molar-refractivity contribution in [3.05, 3.63) is 0 Å². The quantitative estimate of drug-likeness (QED) is 0.701. The first-order valence-electron chi connectivity index (χ1n) is 8.51. The van der Waals surface area contributed by atoms with Crippen LogP contribution in [0.25, 0.3) is 0 Å². The molecule has 1 aliphatic carbocycles. The number of rotatable bonds is 7. The summed E-state index contributed by atoms with van der Waals surface area (Å²) in [5.41, 5.74) is 5.67. The molecule has 0 saturated heterocycles. The summed E-state index contributed by atoms with van der Waals surface area (Å²) in [5, 5.41) is 3.22. The van der Waals surface area contributed by atoms with Crippen molar-refractivity contribution in [2.24, 2.45) is 17.1 Å². The molecule has 1 saturated carbocycles. The van der Waals surface area contributed by atoms with Crippen LogP contribution in [0, 0.1) is 11.3 Å². The SMILES string of the molecule is CC(C)CCCC(C)NC(=O)C1(CN)CCCCCC1. The first kappa shape index (κ1) is 17.5. The Balaban J connectivity index is 2.45. The highest BCUT2D eigenvalue weighted by molar-refractivity contribution is 5.83. The summed E-state index contributed by atoms with van der Waals surface area (Å²) in [5.74, 6) is 0.953. The molecule has 1 aliphatic rings. The zero-order valence-corrected chi connectivity index (χ0v) is 13.7. The molecule has 0 spiro atoms. The Morgan fingerprint density at radius 3 is 2.20 bits per heavy atom. The zero-order chi connectivity index (χ0) is 15.0. The summed E-state index contributed by atoms with van der Waals surface area (Å²) >= 11 is 0.